The van der Waals surface area contributed by atoms with E-state index in [0.29, 0.717) is 0 Å². The molecule has 0 aliphatic heterocycles. The molecule has 9 aromatic carbocycles. The molecule has 3 nitrogen and oxygen atoms in total. The lowest BCUT2D eigenvalue weighted by molar-refractivity contribution is 0.669. The Morgan fingerprint density at radius 3 is 1.64 bits per heavy atom. The fourth-order valence-electron chi connectivity index (χ4n) is 8.28. The summed E-state index contributed by atoms with van der Waals surface area (Å²) in [4.78, 5) is 2.35. The molecule has 0 atom stereocenters. The molecule has 0 unspecified atom stereocenters. The predicted molar refractivity (Wildman–Crippen MR) is 231 cm³/mol. The van der Waals surface area contributed by atoms with Crippen LogP contribution in [-0.4, -0.2) is 4.57 Å². The van der Waals surface area contributed by atoms with Crippen molar-refractivity contribution >= 4 is 71.6 Å². The van der Waals surface area contributed by atoms with Crippen molar-refractivity contribution < 1.29 is 4.42 Å². The Labute approximate surface area is 318 Å². The molecule has 0 N–H and O–H groups in total. The third-order valence-corrected chi connectivity index (χ3v) is 11.0. The average molecular weight is 703 g/mol. The van der Waals surface area contributed by atoms with E-state index in [0.717, 1.165) is 50.1 Å². The maximum atomic E-state index is 6.10. The molecule has 11 rings (SSSR count). The van der Waals surface area contributed by atoms with Crippen LogP contribution in [0.1, 0.15) is 0 Å². The molecule has 3 heteroatoms. The van der Waals surface area contributed by atoms with Gasteiger partial charge in [-0.3, -0.25) is 0 Å². The van der Waals surface area contributed by atoms with Crippen LogP contribution in [0.5, 0.6) is 0 Å². The number of para-hydroxylation sites is 3. The van der Waals surface area contributed by atoms with E-state index < -0.39 is 0 Å². The lowest BCUT2D eigenvalue weighted by atomic mass is 10.0. The molecule has 55 heavy (non-hydrogen) atoms. The lowest BCUT2D eigenvalue weighted by Gasteiger charge is -2.26. The van der Waals surface area contributed by atoms with Crippen LogP contribution in [0, 0.1) is 0 Å². The van der Waals surface area contributed by atoms with Crippen molar-refractivity contribution in [1.29, 1.82) is 0 Å². The molecule has 2 aromatic heterocycles. The molecule has 0 amide bonds. The zero-order chi connectivity index (χ0) is 36.3. The van der Waals surface area contributed by atoms with E-state index in [9.17, 15) is 0 Å². The first kappa shape index (κ1) is 31.2. The van der Waals surface area contributed by atoms with Gasteiger partial charge in [-0.05, 0) is 118 Å². The van der Waals surface area contributed by atoms with Crippen molar-refractivity contribution in [1.82, 2.24) is 4.57 Å². The molecule has 2 heterocycles. The van der Waals surface area contributed by atoms with Crippen molar-refractivity contribution in [3.63, 3.8) is 0 Å². The number of furan rings is 1. The second kappa shape index (κ2) is 12.6. The van der Waals surface area contributed by atoms with Gasteiger partial charge in [0.25, 0.3) is 0 Å². The van der Waals surface area contributed by atoms with Crippen LogP contribution in [0.2, 0.25) is 0 Å². The number of aromatic nitrogens is 1. The first-order valence-corrected chi connectivity index (χ1v) is 18.7. The molecule has 0 saturated carbocycles. The molecular formula is C52H34N2O. The normalized spacial score (nSPS) is 11.6. The number of fused-ring (bicyclic) bond motifs is 7. The summed E-state index contributed by atoms with van der Waals surface area (Å²) in [6.07, 6.45) is 0. The van der Waals surface area contributed by atoms with Crippen LogP contribution >= 0.6 is 0 Å². The largest absolute Gasteiger partial charge is 0.456 e. The van der Waals surface area contributed by atoms with Gasteiger partial charge in [-0.2, -0.15) is 0 Å². The lowest BCUT2D eigenvalue weighted by Crippen LogP contribution is -2.09. The Balaban J connectivity index is 0.983. The number of anilines is 3. The maximum absolute atomic E-state index is 6.10. The summed E-state index contributed by atoms with van der Waals surface area (Å²) in [5.41, 5.74) is 13.4. The zero-order valence-electron chi connectivity index (χ0n) is 29.9. The summed E-state index contributed by atoms with van der Waals surface area (Å²) < 4.78 is 8.47. The van der Waals surface area contributed by atoms with Crippen LogP contribution in [0.3, 0.4) is 0 Å². The first-order chi connectivity index (χ1) is 27.2. The number of benzene rings is 9. The smallest absolute Gasteiger partial charge is 0.135 e. The van der Waals surface area contributed by atoms with Crippen LogP contribution in [0.4, 0.5) is 17.1 Å². The Kier molecular flexibility index (Phi) is 7.17. The van der Waals surface area contributed by atoms with E-state index in [1.165, 1.54) is 49.4 Å². The van der Waals surface area contributed by atoms with Gasteiger partial charge in [-0.15, -0.1) is 0 Å². The van der Waals surface area contributed by atoms with E-state index in [2.05, 4.69) is 204 Å². The molecule has 0 fully saturated rings. The minimum Gasteiger partial charge on any atom is -0.456 e. The summed E-state index contributed by atoms with van der Waals surface area (Å²) in [6.45, 7) is 0. The molecule has 258 valence electrons. The van der Waals surface area contributed by atoms with Crippen LogP contribution in [-0.2, 0) is 0 Å². The maximum Gasteiger partial charge on any atom is 0.135 e. The van der Waals surface area contributed by atoms with Crippen molar-refractivity contribution in [2.75, 3.05) is 4.90 Å². The van der Waals surface area contributed by atoms with Crippen LogP contribution in [0.15, 0.2) is 211 Å². The second-order valence-corrected chi connectivity index (χ2v) is 14.2. The summed E-state index contributed by atoms with van der Waals surface area (Å²) in [6, 6.07) is 74.1. The monoisotopic (exact) mass is 702 g/mol. The van der Waals surface area contributed by atoms with Gasteiger partial charge in [0, 0.05) is 44.3 Å². The van der Waals surface area contributed by atoms with Gasteiger partial charge in [0.15, 0.2) is 0 Å². The van der Waals surface area contributed by atoms with Crippen LogP contribution < -0.4 is 4.90 Å². The Morgan fingerprint density at radius 1 is 0.327 bits per heavy atom. The van der Waals surface area contributed by atoms with Gasteiger partial charge < -0.3 is 13.9 Å². The summed E-state index contributed by atoms with van der Waals surface area (Å²) in [5.74, 6) is 0. The Bertz CT molecular complexity index is 3190. The van der Waals surface area contributed by atoms with E-state index in [4.69, 9.17) is 4.42 Å². The highest BCUT2D eigenvalue weighted by Gasteiger charge is 2.16. The standard InChI is InChI=1S/C52H34N2O/c1-2-12-41(13-3-1)54-49-16-8-6-14-45(49)47-33-39(23-30-50(47)54)36-18-25-42(26-19-36)53(44-29-22-35-10-4-5-11-38(35)32-44)43-27-20-37(21-28-43)40-24-31-52-48(34-40)46-15-7-9-17-51(46)55-52/h1-34H. The van der Waals surface area contributed by atoms with Gasteiger partial charge in [-0.25, -0.2) is 0 Å². The zero-order valence-corrected chi connectivity index (χ0v) is 29.9. The molecule has 0 aliphatic rings. The highest BCUT2D eigenvalue weighted by molar-refractivity contribution is 6.10. The van der Waals surface area contributed by atoms with Crippen molar-refractivity contribution in [2.24, 2.45) is 0 Å². The number of hydrogen-bond donors (Lipinski definition) is 0. The Morgan fingerprint density at radius 2 is 0.873 bits per heavy atom. The number of hydrogen-bond acceptors (Lipinski definition) is 2. The highest BCUT2D eigenvalue weighted by atomic mass is 16.3. The molecule has 11 aromatic rings. The number of nitrogens with zero attached hydrogens (tertiary/aromatic N) is 2. The predicted octanol–water partition coefficient (Wildman–Crippen LogP) is 14.6. The molecule has 0 radical (unpaired) electrons. The molecule has 0 bridgehead atoms. The second-order valence-electron chi connectivity index (χ2n) is 14.2. The highest BCUT2D eigenvalue weighted by Crippen LogP contribution is 2.40. The molecule has 0 saturated heterocycles. The first-order valence-electron chi connectivity index (χ1n) is 18.7. The minimum atomic E-state index is 0.909. The van der Waals surface area contributed by atoms with Gasteiger partial charge >= 0.3 is 0 Å². The van der Waals surface area contributed by atoms with Gasteiger partial charge in [0.1, 0.15) is 11.2 Å². The van der Waals surface area contributed by atoms with Crippen molar-refractivity contribution in [3.05, 3.63) is 206 Å². The average Bonchev–Trinajstić information content (AvgIpc) is 3.80. The fraction of sp³-hybridized carbons (Fsp3) is 0. The van der Waals surface area contributed by atoms with E-state index in [1.807, 2.05) is 12.1 Å². The molecule has 0 spiro atoms. The molecule has 0 aliphatic carbocycles. The number of rotatable bonds is 6. The van der Waals surface area contributed by atoms with E-state index in [1.54, 1.807) is 0 Å². The third kappa shape index (κ3) is 5.28. The van der Waals surface area contributed by atoms with E-state index >= 15 is 0 Å². The quantitative estimate of drug-likeness (QED) is 0.172. The fourth-order valence-corrected chi connectivity index (χ4v) is 8.28. The van der Waals surface area contributed by atoms with Crippen molar-refractivity contribution in [2.45, 2.75) is 0 Å². The minimum absolute atomic E-state index is 0.909. The Hall–Kier alpha value is -7.36. The SMILES string of the molecule is c1ccc(-n2c3ccccc3c3cc(-c4ccc(N(c5ccc(-c6ccc7oc8ccccc8c7c6)cc5)c5ccc6ccccc6c5)cc4)ccc32)cc1. The summed E-state index contributed by atoms with van der Waals surface area (Å²) in [7, 11) is 0. The van der Waals surface area contributed by atoms with Gasteiger partial charge in [-0.1, -0.05) is 121 Å². The molecular weight excluding hydrogens is 669 g/mol. The third-order valence-electron chi connectivity index (χ3n) is 11.0. The van der Waals surface area contributed by atoms with Gasteiger partial charge in [0.05, 0.1) is 11.0 Å². The van der Waals surface area contributed by atoms with Crippen molar-refractivity contribution in [3.8, 4) is 27.9 Å². The van der Waals surface area contributed by atoms with E-state index in [-0.39, 0.29) is 0 Å². The van der Waals surface area contributed by atoms with Gasteiger partial charge in [0.2, 0.25) is 0 Å². The van der Waals surface area contributed by atoms with Crippen LogP contribution in [0.25, 0.3) is 82.5 Å². The topological polar surface area (TPSA) is 21.3 Å². The summed E-state index contributed by atoms with van der Waals surface area (Å²) >= 11 is 0. The summed E-state index contributed by atoms with van der Waals surface area (Å²) in [5, 5.41) is 7.21.